The Morgan fingerprint density at radius 2 is 1.47 bits per heavy atom. The average Bonchev–Trinajstić information content (AvgIpc) is 3.58. The first-order chi connectivity index (χ1) is 21.6. The number of amides is 1. The maximum Gasteiger partial charge on any atom is 0.407 e. The molecule has 2 aliphatic rings. The highest BCUT2D eigenvalue weighted by Crippen LogP contribution is 2.44. The predicted octanol–water partition coefficient (Wildman–Crippen LogP) is 6.96. The van der Waals surface area contributed by atoms with Gasteiger partial charge in [0.25, 0.3) is 0 Å². The highest BCUT2D eigenvalue weighted by molar-refractivity contribution is 5.83. The second-order valence-electron chi connectivity index (χ2n) is 12.4. The van der Waals surface area contributed by atoms with E-state index in [4.69, 9.17) is 4.74 Å². The zero-order chi connectivity index (χ0) is 31.8. The number of anilines is 1. The van der Waals surface area contributed by atoms with Gasteiger partial charge in [-0.25, -0.2) is 19.1 Å². The van der Waals surface area contributed by atoms with E-state index >= 15 is 0 Å². The van der Waals surface area contributed by atoms with Gasteiger partial charge in [0.15, 0.2) is 0 Å². The molecule has 1 aliphatic heterocycles. The van der Waals surface area contributed by atoms with Crippen molar-refractivity contribution >= 4 is 29.8 Å². The van der Waals surface area contributed by atoms with Crippen LogP contribution in [-0.4, -0.2) is 53.8 Å². The summed E-state index contributed by atoms with van der Waals surface area (Å²) in [5, 5.41) is 12.6. The minimum Gasteiger partial charge on any atom is -0.480 e. The van der Waals surface area contributed by atoms with Crippen molar-refractivity contribution in [3.8, 4) is 11.1 Å². The third-order valence-corrected chi connectivity index (χ3v) is 8.99. The molecule has 0 saturated heterocycles. The lowest BCUT2D eigenvalue weighted by Gasteiger charge is -2.19. The van der Waals surface area contributed by atoms with Crippen LogP contribution in [0.3, 0.4) is 0 Å². The number of alkyl carbamates (subject to hydrolysis) is 1. The summed E-state index contributed by atoms with van der Waals surface area (Å²) in [6.07, 6.45) is 1.60. The normalized spacial score (nSPS) is 14.5. The maximum absolute atomic E-state index is 12.9. The average molecular weight is 603 g/mol. The minimum atomic E-state index is -1.12. The van der Waals surface area contributed by atoms with Crippen LogP contribution in [0.2, 0.25) is 0 Å². The van der Waals surface area contributed by atoms with Crippen molar-refractivity contribution in [1.82, 2.24) is 5.32 Å². The van der Waals surface area contributed by atoms with Crippen LogP contribution in [0.1, 0.15) is 50.4 Å². The van der Waals surface area contributed by atoms with Gasteiger partial charge in [0.05, 0.1) is 0 Å². The van der Waals surface area contributed by atoms with E-state index in [1.807, 2.05) is 36.4 Å². The van der Waals surface area contributed by atoms with E-state index in [1.54, 1.807) is 0 Å². The van der Waals surface area contributed by atoms with Gasteiger partial charge in [-0.1, -0.05) is 78.4 Å². The summed E-state index contributed by atoms with van der Waals surface area (Å²) in [6, 6.07) is 23.6. The van der Waals surface area contributed by atoms with Crippen LogP contribution in [0.4, 0.5) is 16.2 Å². The molecule has 0 radical (unpaired) electrons. The van der Waals surface area contributed by atoms with Crippen molar-refractivity contribution in [2.45, 2.75) is 53.0 Å². The Hall–Kier alpha value is -4.91. The second kappa shape index (κ2) is 12.2. The quantitative estimate of drug-likeness (QED) is 0.213. The Kier molecular flexibility index (Phi) is 8.19. The number of fused-ring (bicyclic) bond motifs is 3. The molecule has 45 heavy (non-hydrogen) atoms. The van der Waals surface area contributed by atoms with Crippen molar-refractivity contribution < 1.29 is 24.0 Å². The van der Waals surface area contributed by atoms with Gasteiger partial charge < -0.3 is 15.2 Å². The SMILES string of the molecule is Cc1cc(C)c([N+]2=CN(c3c(C)cc(C[C@H](NC(=O)OCC4c5ccccc5-c5ccccc54)C(=O)O)cc3C)CC2)c(C)c1. The number of carbonyl (C=O) groups is 2. The molecule has 4 aromatic rings. The summed E-state index contributed by atoms with van der Waals surface area (Å²) in [5.74, 6) is -1.20. The number of nitrogens with zero attached hydrogens (tertiary/aromatic N) is 2. The van der Waals surface area contributed by atoms with Crippen LogP contribution in [0.5, 0.6) is 0 Å². The molecule has 7 heteroatoms. The fourth-order valence-electron chi connectivity index (χ4n) is 7.30. The Labute approximate surface area is 264 Å². The predicted molar refractivity (Wildman–Crippen MR) is 178 cm³/mol. The van der Waals surface area contributed by atoms with E-state index in [1.165, 1.54) is 22.4 Å². The lowest BCUT2D eigenvalue weighted by Crippen LogP contribution is -2.43. The molecule has 0 spiro atoms. The summed E-state index contributed by atoms with van der Waals surface area (Å²) in [6.45, 7) is 12.4. The molecule has 0 fully saturated rings. The molecule has 0 aromatic heterocycles. The first-order valence-corrected chi connectivity index (χ1v) is 15.5. The van der Waals surface area contributed by atoms with Crippen molar-refractivity contribution in [3.63, 3.8) is 0 Å². The Morgan fingerprint density at radius 1 is 0.889 bits per heavy atom. The van der Waals surface area contributed by atoms with Gasteiger partial charge in [-0.05, 0) is 84.7 Å². The van der Waals surface area contributed by atoms with E-state index in [0.29, 0.717) is 0 Å². The molecule has 4 aromatic carbocycles. The highest BCUT2D eigenvalue weighted by atomic mass is 16.5. The second-order valence-corrected chi connectivity index (χ2v) is 12.4. The van der Waals surface area contributed by atoms with Crippen molar-refractivity contribution in [2.24, 2.45) is 0 Å². The third-order valence-electron chi connectivity index (χ3n) is 8.99. The molecule has 0 unspecified atom stereocenters. The number of ether oxygens (including phenoxy) is 1. The van der Waals surface area contributed by atoms with Gasteiger partial charge >= 0.3 is 12.1 Å². The maximum atomic E-state index is 12.9. The minimum absolute atomic E-state index is 0.0959. The molecule has 0 bridgehead atoms. The monoisotopic (exact) mass is 602 g/mol. The Balaban J connectivity index is 1.14. The Morgan fingerprint density at radius 3 is 2.04 bits per heavy atom. The number of hydrogen-bond acceptors (Lipinski definition) is 4. The molecular formula is C38H40N3O4+. The van der Waals surface area contributed by atoms with Gasteiger partial charge in [-0.15, -0.1) is 0 Å². The largest absolute Gasteiger partial charge is 0.480 e. The topological polar surface area (TPSA) is 81.9 Å². The number of nitrogens with one attached hydrogen (secondary N) is 1. The van der Waals surface area contributed by atoms with Crippen LogP contribution in [0.25, 0.3) is 11.1 Å². The smallest absolute Gasteiger partial charge is 0.407 e. The lowest BCUT2D eigenvalue weighted by atomic mass is 9.98. The van der Waals surface area contributed by atoms with E-state index in [2.05, 4.69) is 92.1 Å². The van der Waals surface area contributed by atoms with E-state index in [0.717, 1.165) is 57.7 Å². The summed E-state index contributed by atoms with van der Waals surface area (Å²) < 4.78 is 7.95. The van der Waals surface area contributed by atoms with Crippen LogP contribution >= 0.6 is 0 Å². The van der Waals surface area contributed by atoms with Crippen LogP contribution < -0.4 is 10.2 Å². The molecule has 0 saturated carbocycles. The number of aryl methyl sites for hydroxylation is 5. The molecule has 6 rings (SSSR count). The lowest BCUT2D eigenvalue weighted by molar-refractivity contribution is -0.425. The van der Waals surface area contributed by atoms with Gasteiger partial charge in [-0.2, -0.15) is 0 Å². The van der Waals surface area contributed by atoms with Crippen molar-refractivity contribution in [2.75, 3.05) is 24.6 Å². The third kappa shape index (κ3) is 5.95. The summed E-state index contributed by atoms with van der Waals surface area (Å²) in [7, 11) is 0. The fraction of sp³-hybridized carbons (Fsp3) is 0.289. The van der Waals surface area contributed by atoms with Gasteiger partial charge in [-0.3, -0.25) is 0 Å². The Bertz CT molecular complexity index is 1750. The first kappa shape index (κ1) is 30.1. The van der Waals surface area contributed by atoms with E-state index in [9.17, 15) is 14.7 Å². The van der Waals surface area contributed by atoms with Crippen LogP contribution in [-0.2, 0) is 16.0 Å². The number of hydrogen-bond donors (Lipinski definition) is 2. The van der Waals surface area contributed by atoms with Crippen LogP contribution in [0, 0.1) is 34.6 Å². The molecule has 1 amide bonds. The zero-order valence-corrected chi connectivity index (χ0v) is 26.6. The van der Waals surface area contributed by atoms with E-state index < -0.39 is 18.1 Å². The molecule has 230 valence electrons. The highest BCUT2D eigenvalue weighted by Gasteiger charge is 2.31. The molecule has 1 heterocycles. The molecule has 1 aliphatic carbocycles. The van der Waals surface area contributed by atoms with Crippen molar-refractivity contribution in [3.05, 3.63) is 117 Å². The van der Waals surface area contributed by atoms with Gasteiger partial charge in [0.2, 0.25) is 6.34 Å². The molecule has 1 atom stereocenters. The summed E-state index contributed by atoms with van der Waals surface area (Å²) in [5.41, 5.74) is 13.6. The van der Waals surface area contributed by atoms with Crippen molar-refractivity contribution in [1.29, 1.82) is 0 Å². The number of carboxylic acids is 1. The van der Waals surface area contributed by atoms with Gasteiger partial charge in [0.1, 0.15) is 37.1 Å². The molecule has 7 nitrogen and oxygen atoms in total. The number of carbonyl (C=O) groups excluding carboxylic acids is 1. The molecule has 2 N–H and O–H groups in total. The van der Waals surface area contributed by atoms with Gasteiger partial charge in [0, 0.05) is 12.3 Å². The summed E-state index contributed by atoms with van der Waals surface area (Å²) >= 11 is 0. The standard InChI is InChI=1S/C38H39N3O4/c1-23-16-24(2)35(25(3)17-23)40-14-15-41(22-40)36-26(4)18-28(19-27(36)5)20-34(37(42)43)39-38(44)45-21-33-31-12-8-6-10-29(31)30-11-7-9-13-32(30)33/h6-13,16-19,22,33-34H,14-15,20-21H2,1-5H3,(H-,39,42,43,44)/p+1/t34-/m0/s1. The van der Waals surface area contributed by atoms with E-state index in [-0.39, 0.29) is 18.9 Å². The van der Waals surface area contributed by atoms with Crippen LogP contribution in [0.15, 0.2) is 72.8 Å². The molecular weight excluding hydrogens is 562 g/mol. The number of carboxylic acid groups (broad SMARTS) is 1. The number of benzene rings is 4. The number of rotatable bonds is 8. The zero-order valence-electron chi connectivity index (χ0n) is 26.6. The summed E-state index contributed by atoms with van der Waals surface area (Å²) in [4.78, 5) is 27.4. The number of aliphatic carboxylic acids is 1. The fourth-order valence-corrected chi connectivity index (χ4v) is 7.30. The first-order valence-electron chi connectivity index (χ1n) is 15.5.